The Balaban J connectivity index is 1.50. The van der Waals surface area contributed by atoms with Crippen LogP contribution in [0.5, 0.6) is 0 Å². The molecule has 5 nitrogen and oxygen atoms in total. The highest BCUT2D eigenvalue weighted by Crippen LogP contribution is 2.44. The van der Waals surface area contributed by atoms with Crippen LogP contribution in [0, 0.1) is 11.7 Å². The number of carbonyl (C=O) groups excluding carboxylic acids is 3. The molecule has 0 radical (unpaired) electrons. The number of allylic oxidation sites excluding steroid dienone is 2. The van der Waals surface area contributed by atoms with Crippen LogP contribution < -0.4 is 10.6 Å². The summed E-state index contributed by atoms with van der Waals surface area (Å²) in [6.07, 6.45) is 0.797. The average molecular weight is 382 g/mol. The van der Waals surface area contributed by atoms with Crippen molar-refractivity contribution in [2.45, 2.75) is 17.7 Å². The molecule has 0 unspecified atom stereocenters. The first kappa shape index (κ1) is 17.5. The minimum Gasteiger partial charge on any atom is -0.357 e. The number of carbonyl (C=O) groups is 3. The molecule has 2 aliphatic rings. The van der Waals surface area contributed by atoms with Gasteiger partial charge in [0, 0.05) is 16.3 Å². The van der Waals surface area contributed by atoms with Gasteiger partial charge in [-0.2, -0.15) is 0 Å². The van der Waals surface area contributed by atoms with Gasteiger partial charge < -0.3 is 10.6 Å². The summed E-state index contributed by atoms with van der Waals surface area (Å²) in [4.78, 5) is 39.0. The third-order valence-corrected chi connectivity index (χ3v) is 5.75. The van der Waals surface area contributed by atoms with Crippen LogP contribution in [-0.2, 0) is 14.4 Å². The minimum atomic E-state index is -0.997. The highest BCUT2D eigenvalue weighted by atomic mass is 32.2. The molecule has 7 heteroatoms. The van der Waals surface area contributed by atoms with Crippen molar-refractivity contribution in [3.63, 3.8) is 0 Å². The van der Waals surface area contributed by atoms with E-state index in [0.29, 0.717) is 17.0 Å². The number of benzene rings is 2. The van der Waals surface area contributed by atoms with Gasteiger partial charge >= 0.3 is 0 Å². The third kappa shape index (κ3) is 3.38. The van der Waals surface area contributed by atoms with Crippen LogP contribution in [0.15, 0.2) is 64.0 Å². The number of amides is 1. The number of para-hydroxylation sites is 1. The Morgan fingerprint density at radius 3 is 2.63 bits per heavy atom. The topological polar surface area (TPSA) is 75.3 Å². The number of rotatable bonds is 3. The fourth-order valence-electron chi connectivity index (χ4n) is 3.14. The summed E-state index contributed by atoms with van der Waals surface area (Å²) in [6.45, 7) is 0. The summed E-state index contributed by atoms with van der Waals surface area (Å²) in [5.41, 5.74) is 2.04. The van der Waals surface area contributed by atoms with Crippen molar-refractivity contribution in [2.24, 2.45) is 5.92 Å². The van der Waals surface area contributed by atoms with Crippen LogP contribution in [0.2, 0.25) is 0 Å². The zero-order valence-corrected chi connectivity index (χ0v) is 14.9. The fraction of sp³-hybridized carbons (Fsp3) is 0.150. The van der Waals surface area contributed by atoms with Crippen LogP contribution in [0.25, 0.3) is 0 Å². The lowest BCUT2D eigenvalue weighted by atomic mass is 9.87. The van der Waals surface area contributed by atoms with E-state index in [2.05, 4.69) is 10.6 Å². The number of fused-ring (bicyclic) bond motifs is 1. The van der Waals surface area contributed by atoms with Gasteiger partial charge in [0.05, 0.1) is 16.5 Å². The molecule has 4 rings (SSSR count). The van der Waals surface area contributed by atoms with E-state index < -0.39 is 23.4 Å². The molecule has 0 aromatic heterocycles. The number of halogens is 1. The van der Waals surface area contributed by atoms with Crippen molar-refractivity contribution in [3.8, 4) is 0 Å². The van der Waals surface area contributed by atoms with Gasteiger partial charge in [0.15, 0.2) is 5.78 Å². The van der Waals surface area contributed by atoms with E-state index in [1.54, 1.807) is 0 Å². The second kappa shape index (κ2) is 7.00. The summed E-state index contributed by atoms with van der Waals surface area (Å²) in [6, 6.07) is 12.7. The van der Waals surface area contributed by atoms with Gasteiger partial charge in [-0.1, -0.05) is 23.9 Å². The monoisotopic (exact) mass is 382 g/mol. The zero-order valence-electron chi connectivity index (χ0n) is 14.1. The van der Waals surface area contributed by atoms with E-state index in [9.17, 15) is 18.8 Å². The standard InChI is InChI=1S/C20H15FN2O3S/c21-11-5-7-12(8-6-11)22-20(26)18(25)13-9-10-15-19(17(13)24)27-16-4-2-1-3-14(16)23-15/h1-8,13,23H,9-10H2,(H,22,26)/t13-/m1/s1. The molecule has 0 spiro atoms. The van der Waals surface area contributed by atoms with Crippen molar-refractivity contribution in [3.05, 3.63) is 65.0 Å². The van der Waals surface area contributed by atoms with E-state index in [1.807, 2.05) is 24.3 Å². The SMILES string of the molecule is O=C(Nc1ccc(F)cc1)C(=O)[C@@H]1CCC2=C(Sc3ccccc3N2)C1=O. The lowest BCUT2D eigenvalue weighted by Crippen LogP contribution is -2.37. The second-order valence-corrected chi connectivity index (χ2v) is 7.36. The van der Waals surface area contributed by atoms with E-state index in [4.69, 9.17) is 0 Å². The molecule has 0 saturated heterocycles. The molecule has 27 heavy (non-hydrogen) atoms. The van der Waals surface area contributed by atoms with Crippen molar-refractivity contribution >= 4 is 40.6 Å². The van der Waals surface area contributed by atoms with Crippen LogP contribution in [-0.4, -0.2) is 17.5 Å². The summed E-state index contributed by atoms with van der Waals surface area (Å²) in [5, 5.41) is 5.68. The normalized spacial score (nSPS) is 18.3. The minimum absolute atomic E-state index is 0.281. The van der Waals surface area contributed by atoms with E-state index >= 15 is 0 Å². The maximum Gasteiger partial charge on any atom is 0.292 e. The highest BCUT2D eigenvalue weighted by Gasteiger charge is 2.39. The number of anilines is 2. The number of hydrogen-bond acceptors (Lipinski definition) is 5. The molecule has 0 bridgehead atoms. The Bertz CT molecular complexity index is 985. The van der Waals surface area contributed by atoms with Crippen LogP contribution in [0.3, 0.4) is 0 Å². The highest BCUT2D eigenvalue weighted by molar-refractivity contribution is 8.04. The summed E-state index contributed by atoms with van der Waals surface area (Å²) < 4.78 is 13.0. The molecular formula is C20H15FN2O3S. The molecule has 1 aliphatic carbocycles. The third-order valence-electron chi connectivity index (χ3n) is 4.52. The van der Waals surface area contributed by atoms with Gasteiger partial charge in [0.25, 0.3) is 5.91 Å². The average Bonchev–Trinajstić information content (AvgIpc) is 2.68. The Hall–Kier alpha value is -2.93. The van der Waals surface area contributed by atoms with Crippen molar-refractivity contribution in [2.75, 3.05) is 10.6 Å². The van der Waals surface area contributed by atoms with Crippen molar-refractivity contribution < 1.29 is 18.8 Å². The van der Waals surface area contributed by atoms with Crippen LogP contribution in [0.4, 0.5) is 15.8 Å². The van der Waals surface area contributed by atoms with Crippen molar-refractivity contribution in [1.82, 2.24) is 0 Å². The van der Waals surface area contributed by atoms with Crippen LogP contribution >= 0.6 is 11.8 Å². The number of Topliss-reactive ketones (excluding diaryl/α,β-unsaturated/α-hetero) is 2. The first-order valence-electron chi connectivity index (χ1n) is 8.45. The van der Waals surface area contributed by atoms with Crippen molar-refractivity contribution in [1.29, 1.82) is 0 Å². The molecule has 0 fully saturated rings. The molecule has 2 N–H and O–H groups in total. The fourth-order valence-corrected chi connectivity index (χ4v) is 4.25. The maximum atomic E-state index is 13.0. The predicted octanol–water partition coefficient (Wildman–Crippen LogP) is 3.74. The van der Waals surface area contributed by atoms with Gasteiger partial charge in [-0.05, 0) is 49.2 Å². The van der Waals surface area contributed by atoms with Gasteiger partial charge in [-0.3, -0.25) is 14.4 Å². The lowest BCUT2D eigenvalue weighted by molar-refractivity contribution is -0.140. The quantitative estimate of drug-likeness (QED) is 0.625. The Kier molecular flexibility index (Phi) is 4.53. The van der Waals surface area contributed by atoms with Gasteiger partial charge in [-0.25, -0.2) is 4.39 Å². The molecular weight excluding hydrogens is 367 g/mol. The van der Waals surface area contributed by atoms with E-state index in [0.717, 1.165) is 16.3 Å². The second-order valence-electron chi connectivity index (χ2n) is 6.31. The first-order chi connectivity index (χ1) is 13.0. The predicted molar refractivity (Wildman–Crippen MR) is 101 cm³/mol. The lowest BCUT2D eigenvalue weighted by Gasteiger charge is -2.29. The Morgan fingerprint density at radius 1 is 1.11 bits per heavy atom. The molecule has 1 heterocycles. The summed E-state index contributed by atoms with van der Waals surface area (Å²) in [7, 11) is 0. The smallest absolute Gasteiger partial charge is 0.292 e. The van der Waals surface area contributed by atoms with Gasteiger partial charge in [0.2, 0.25) is 5.78 Å². The molecule has 1 amide bonds. The summed E-state index contributed by atoms with van der Waals surface area (Å²) in [5.74, 6) is -3.40. The number of thioether (sulfide) groups is 1. The zero-order chi connectivity index (χ0) is 19.0. The molecule has 2 aromatic carbocycles. The summed E-state index contributed by atoms with van der Waals surface area (Å²) >= 11 is 1.33. The molecule has 2 aromatic rings. The molecule has 136 valence electrons. The van der Waals surface area contributed by atoms with Crippen LogP contribution in [0.1, 0.15) is 12.8 Å². The Labute approximate surface area is 159 Å². The van der Waals surface area contributed by atoms with E-state index in [-0.39, 0.29) is 12.2 Å². The van der Waals surface area contributed by atoms with Gasteiger partial charge in [0.1, 0.15) is 5.82 Å². The molecule has 1 aliphatic heterocycles. The first-order valence-corrected chi connectivity index (χ1v) is 9.26. The number of ketones is 2. The maximum absolute atomic E-state index is 13.0. The largest absolute Gasteiger partial charge is 0.357 e. The number of hydrogen-bond donors (Lipinski definition) is 2. The molecule has 1 atom stereocenters. The van der Waals surface area contributed by atoms with E-state index in [1.165, 1.54) is 36.0 Å². The van der Waals surface area contributed by atoms with Gasteiger partial charge in [-0.15, -0.1) is 0 Å². The number of nitrogens with one attached hydrogen (secondary N) is 2. The Morgan fingerprint density at radius 2 is 1.85 bits per heavy atom. The molecule has 0 saturated carbocycles.